The summed E-state index contributed by atoms with van der Waals surface area (Å²) >= 11 is 0. The number of rotatable bonds is 10. The first-order valence-corrected chi connectivity index (χ1v) is 12.1. The predicted octanol–water partition coefficient (Wildman–Crippen LogP) is 5.62. The van der Waals surface area contributed by atoms with Gasteiger partial charge in [-0.15, -0.1) is 0 Å². The SMILES string of the molecule is CC(C)C(CC(=O)OP)C(C)(C)C(C)(C)C(CC(=O)OPP)C(C)C. The molecule has 148 valence electrons. The first kappa shape index (κ1) is 25.2. The Hall–Kier alpha value is 0.230. The fraction of sp³-hybridized carbons (Fsp3) is 0.889. The summed E-state index contributed by atoms with van der Waals surface area (Å²) < 4.78 is 10.0. The van der Waals surface area contributed by atoms with Crippen molar-refractivity contribution < 1.29 is 18.6 Å². The monoisotopic (exact) mass is 410 g/mol. The Kier molecular flexibility index (Phi) is 10.6. The highest BCUT2D eigenvalue weighted by atomic mass is 32.0. The van der Waals surface area contributed by atoms with E-state index in [0.717, 1.165) is 0 Å². The van der Waals surface area contributed by atoms with Crippen molar-refractivity contribution in [3.8, 4) is 0 Å². The van der Waals surface area contributed by atoms with E-state index < -0.39 is 0 Å². The largest absolute Gasteiger partial charge is 0.451 e. The smallest absolute Gasteiger partial charge is 0.308 e. The molecule has 0 aliphatic rings. The molecular weight excluding hydrogens is 373 g/mol. The molecule has 5 atom stereocenters. The normalized spacial score (nSPS) is 15.7. The zero-order valence-corrected chi connectivity index (χ0v) is 20.3. The molecule has 25 heavy (non-hydrogen) atoms. The molecule has 0 bridgehead atoms. The standard InChI is InChI=1S/C18H37O4P3/c1-11(2)13(9-15(19)21-23)17(5,6)18(7,8)14(12(3)4)10-16(20)22-25-24/h11-14,25H,9-10,23-24H2,1-8H3. The number of carbonyl (C=O) groups is 2. The molecule has 0 saturated carbocycles. The quantitative estimate of drug-likeness (QED) is 0.439. The summed E-state index contributed by atoms with van der Waals surface area (Å²) in [5.74, 6) is 0.600. The number of hydrogen-bond acceptors (Lipinski definition) is 4. The average molecular weight is 410 g/mol. The van der Waals surface area contributed by atoms with Gasteiger partial charge in [-0.1, -0.05) is 64.3 Å². The van der Waals surface area contributed by atoms with Crippen LogP contribution < -0.4 is 0 Å². The Morgan fingerprint density at radius 1 is 0.880 bits per heavy atom. The first-order valence-electron chi connectivity index (χ1n) is 8.87. The lowest BCUT2D eigenvalue weighted by Gasteiger charge is -2.53. The molecule has 0 aromatic heterocycles. The van der Waals surface area contributed by atoms with Gasteiger partial charge < -0.3 is 9.05 Å². The lowest BCUT2D eigenvalue weighted by molar-refractivity contribution is -0.143. The molecule has 4 nitrogen and oxygen atoms in total. The van der Waals surface area contributed by atoms with Crippen molar-refractivity contribution in [2.45, 2.75) is 68.2 Å². The van der Waals surface area contributed by atoms with Gasteiger partial charge in [0.15, 0.2) is 0 Å². The minimum Gasteiger partial charge on any atom is -0.451 e. The maximum atomic E-state index is 12.2. The first-order chi connectivity index (χ1) is 11.3. The molecule has 0 amide bonds. The molecule has 0 aromatic carbocycles. The van der Waals surface area contributed by atoms with Crippen molar-refractivity contribution in [3.05, 3.63) is 0 Å². The van der Waals surface area contributed by atoms with Crippen molar-refractivity contribution in [1.82, 2.24) is 0 Å². The van der Waals surface area contributed by atoms with Gasteiger partial charge in [-0.05, 0) is 34.5 Å². The zero-order valence-electron chi connectivity index (χ0n) is 17.0. The maximum absolute atomic E-state index is 12.2. The Balaban J connectivity index is 5.74. The van der Waals surface area contributed by atoms with Crippen LogP contribution in [0.25, 0.3) is 0 Å². The second-order valence-electron chi connectivity index (χ2n) is 8.63. The lowest BCUT2D eigenvalue weighted by atomic mass is 9.51. The molecule has 0 heterocycles. The third kappa shape index (κ3) is 6.71. The molecule has 7 heteroatoms. The van der Waals surface area contributed by atoms with Crippen molar-refractivity contribution in [2.75, 3.05) is 0 Å². The molecule has 0 rings (SSSR count). The van der Waals surface area contributed by atoms with E-state index in [1.807, 2.05) is 9.47 Å². The van der Waals surface area contributed by atoms with Gasteiger partial charge in [0.1, 0.15) is 0 Å². The van der Waals surface area contributed by atoms with E-state index in [1.54, 1.807) is 0 Å². The average Bonchev–Trinajstić information content (AvgIpc) is 2.48. The molecular formula is C18H37O4P3. The van der Waals surface area contributed by atoms with E-state index in [-0.39, 0.29) is 43.1 Å². The van der Waals surface area contributed by atoms with Crippen molar-refractivity contribution >= 4 is 38.8 Å². The van der Waals surface area contributed by atoms with Crippen molar-refractivity contribution in [1.29, 1.82) is 0 Å². The van der Waals surface area contributed by atoms with E-state index in [9.17, 15) is 9.59 Å². The molecule has 0 fully saturated rings. The van der Waals surface area contributed by atoms with Gasteiger partial charge >= 0.3 is 11.9 Å². The topological polar surface area (TPSA) is 52.6 Å². The van der Waals surface area contributed by atoms with Crippen LogP contribution in [0.1, 0.15) is 68.2 Å². The van der Waals surface area contributed by atoms with Gasteiger partial charge in [0.25, 0.3) is 0 Å². The Bertz CT molecular complexity index is 448. The van der Waals surface area contributed by atoms with Crippen LogP contribution in [-0.4, -0.2) is 11.9 Å². The van der Waals surface area contributed by atoms with Crippen LogP contribution in [0.3, 0.4) is 0 Å². The lowest BCUT2D eigenvalue weighted by Crippen LogP contribution is -2.48. The van der Waals surface area contributed by atoms with Crippen LogP contribution in [0, 0.1) is 34.5 Å². The fourth-order valence-corrected chi connectivity index (χ4v) is 4.82. The van der Waals surface area contributed by atoms with Gasteiger partial charge in [0, 0.05) is 12.8 Å². The summed E-state index contributed by atoms with van der Waals surface area (Å²) in [6.45, 7) is 17.5. The van der Waals surface area contributed by atoms with Gasteiger partial charge in [0.2, 0.25) is 0 Å². The third-order valence-corrected chi connectivity index (χ3v) is 7.16. The zero-order chi connectivity index (χ0) is 20.0. The number of hydrogen-bond donors (Lipinski definition) is 0. The summed E-state index contributed by atoms with van der Waals surface area (Å²) in [6.07, 6.45) is 0.772. The molecule has 0 aromatic rings. The summed E-state index contributed by atoms with van der Waals surface area (Å²) in [4.78, 5) is 24.1. The highest BCUT2D eigenvalue weighted by Gasteiger charge is 2.50. The van der Waals surface area contributed by atoms with Gasteiger partial charge in [-0.3, -0.25) is 9.59 Å². The van der Waals surface area contributed by atoms with E-state index in [4.69, 9.17) is 9.05 Å². The van der Waals surface area contributed by atoms with E-state index in [0.29, 0.717) is 24.7 Å². The van der Waals surface area contributed by atoms with Crippen molar-refractivity contribution in [2.24, 2.45) is 34.5 Å². The fourth-order valence-electron chi connectivity index (χ4n) is 4.12. The molecule has 0 aliphatic carbocycles. The van der Waals surface area contributed by atoms with Crippen LogP contribution in [0.2, 0.25) is 0 Å². The van der Waals surface area contributed by atoms with Crippen LogP contribution in [-0.2, 0) is 18.6 Å². The number of carbonyl (C=O) groups excluding carboxylic acids is 2. The minimum absolute atomic E-state index is 0.0928. The Morgan fingerprint density at radius 2 is 1.24 bits per heavy atom. The predicted molar refractivity (Wildman–Crippen MR) is 113 cm³/mol. The molecule has 0 N–H and O–H groups in total. The molecule has 0 radical (unpaired) electrons. The molecule has 5 unspecified atom stereocenters. The molecule has 0 spiro atoms. The summed E-state index contributed by atoms with van der Waals surface area (Å²) in [6, 6.07) is 0. The van der Waals surface area contributed by atoms with E-state index in [2.05, 4.69) is 64.3 Å². The maximum Gasteiger partial charge on any atom is 0.308 e. The van der Waals surface area contributed by atoms with E-state index in [1.165, 1.54) is 0 Å². The van der Waals surface area contributed by atoms with Crippen molar-refractivity contribution in [3.63, 3.8) is 0 Å². The van der Waals surface area contributed by atoms with Crippen LogP contribution in [0.5, 0.6) is 0 Å². The third-order valence-electron chi connectivity index (χ3n) is 6.20. The summed E-state index contributed by atoms with van der Waals surface area (Å²) in [5.41, 5.74) is -0.335. The van der Waals surface area contributed by atoms with E-state index >= 15 is 0 Å². The minimum atomic E-state index is -0.211. The van der Waals surface area contributed by atoms with Crippen LogP contribution in [0.15, 0.2) is 0 Å². The second kappa shape index (κ2) is 10.5. The summed E-state index contributed by atoms with van der Waals surface area (Å²) in [7, 11) is 4.58. The summed E-state index contributed by atoms with van der Waals surface area (Å²) in [5, 5.41) is 0. The Morgan fingerprint density at radius 3 is 1.52 bits per heavy atom. The molecule has 0 aliphatic heterocycles. The molecule has 0 saturated heterocycles. The van der Waals surface area contributed by atoms with Crippen LogP contribution >= 0.6 is 26.9 Å². The van der Waals surface area contributed by atoms with Gasteiger partial charge in [0.05, 0.1) is 18.0 Å². The second-order valence-corrected chi connectivity index (χ2v) is 10.0. The van der Waals surface area contributed by atoms with Gasteiger partial charge in [-0.25, -0.2) is 0 Å². The highest BCUT2D eigenvalue weighted by Crippen LogP contribution is 2.55. The highest BCUT2D eigenvalue weighted by molar-refractivity contribution is 8.00. The van der Waals surface area contributed by atoms with Gasteiger partial charge in [-0.2, -0.15) is 0 Å². The Labute approximate surface area is 160 Å². The van der Waals surface area contributed by atoms with Crippen LogP contribution in [0.4, 0.5) is 0 Å².